The Kier molecular flexibility index (Phi) is 6.60. The fraction of sp³-hybridized carbons (Fsp3) is 0.292. The van der Waals surface area contributed by atoms with E-state index in [1.807, 2.05) is 25.1 Å². The molecule has 0 bridgehead atoms. The lowest BCUT2D eigenvalue weighted by Gasteiger charge is -2.40. The largest absolute Gasteiger partial charge is 0.463 e. The number of nitrogens with one attached hydrogen (secondary N) is 1. The third kappa shape index (κ3) is 4.55. The first-order valence-electron chi connectivity index (χ1n) is 10.5. The van der Waals surface area contributed by atoms with Crippen molar-refractivity contribution in [3.8, 4) is 0 Å². The van der Waals surface area contributed by atoms with E-state index >= 15 is 0 Å². The molecule has 1 unspecified atom stereocenters. The maximum Gasteiger partial charge on any atom is 0.338 e. The number of halogens is 1. The fourth-order valence-corrected chi connectivity index (χ4v) is 4.92. The number of esters is 1. The quantitative estimate of drug-likeness (QED) is 0.661. The van der Waals surface area contributed by atoms with Crippen molar-refractivity contribution in [2.24, 2.45) is 4.99 Å². The minimum atomic E-state index is -0.470. The second-order valence-electron chi connectivity index (χ2n) is 7.50. The standard InChI is InChI=1S/C24H24FN3O3S/c1-3-31-23(30)20-15(2)26-24-28(11-6-12-32-24)21(20)16-7-5-10-19(14-16)27-22(29)17-8-4-9-18(25)13-17/h4-5,7-10,13-14,21H,3,6,11-12H2,1-2H3,(H,27,29). The van der Waals surface area contributed by atoms with Crippen molar-refractivity contribution in [1.29, 1.82) is 0 Å². The number of benzene rings is 2. The van der Waals surface area contributed by atoms with Gasteiger partial charge in [0.2, 0.25) is 0 Å². The van der Waals surface area contributed by atoms with Gasteiger partial charge in [-0.05, 0) is 56.2 Å². The Labute approximate surface area is 190 Å². The highest BCUT2D eigenvalue weighted by atomic mass is 32.2. The van der Waals surface area contributed by atoms with E-state index in [-0.39, 0.29) is 24.2 Å². The number of carbonyl (C=O) groups excluding carboxylic acids is 2. The van der Waals surface area contributed by atoms with Crippen molar-refractivity contribution in [2.75, 3.05) is 24.2 Å². The Morgan fingerprint density at radius 2 is 2.06 bits per heavy atom. The number of amidine groups is 1. The molecule has 1 saturated heterocycles. The van der Waals surface area contributed by atoms with E-state index in [1.165, 1.54) is 18.2 Å². The molecule has 0 aliphatic carbocycles. The van der Waals surface area contributed by atoms with E-state index in [2.05, 4.69) is 15.2 Å². The van der Waals surface area contributed by atoms with Gasteiger partial charge < -0.3 is 15.0 Å². The summed E-state index contributed by atoms with van der Waals surface area (Å²) in [5.74, 6) is -0.280. The number of hydrogen-bond acceptors (Lipinski definition) is 6. The average molecular weight is 454 g/mol. The Morgan fingerprint density at radius 1 is 1.25 bits per heavy atom. The van der Waals surface area contributed by atoms with Crippen LogP contribution in [0.5, 0.6) is 0 Å². The molecule has 0 spiro atoms. The molecule has 32 heavy (non-hydrogen) atoms. The monoisotopic (exact) mass is 453 g/mol. The molecular formula is C24H24FN3O3S. The first kappa shape index (κ1) is 22.1. The highest BCUT2D eigenvalue weighted by Gasteiger charge is 2.37. The molecule has 166 valence electrons. The van der Waals surface area contributed by atoms with Gasteiger partial charge in [0, 0.05) is 23.5 Å². The first-order chi connectivity index (χ1) is 15.5. The summed E-state index contributed by atoms with van der Waals surface area (Å²) in [5.41, 5.74) is 2.79. The fourth-order valence-electron chi connectivity index (χ4n) is 3.90. The van der Waals surface area contributed by atoms with E-state index in [9.17, 15) is 14.0 Å². The zero-order valence-corrected chi connectivity index (χ0v) is 18.7. The Bertz CT molecular complexity index is 1120. The molecule has 1 atom stereocenters. The summed E-state index contributed by atoms with van der Waals surface area (Å²) < 4.78 is 18.8. The SMILES string of the molecule is CCOC(=O)C1=C(C)N=C2SCCCN2C1c1cccc(NC(=O)c2cccc(F)c2)c1. The van der Waals surface area contributed by atoms with E-state index in [1.54, 1.807) is 30.8 Å². The Morgan fingerprint density at radius 3 is 2.84 bits per heavy atom. The Hall–Kier alpha value is -3.13. The van der Waals surface area contributed by atoms with Crippen LogP contribution in [0.2, 0.25) is 0 Å². The topological polar surface area (TPSA) is 71.0 Å². The van der Waals surface area contributed by atoms with Crippen LogP contribution in [0.4, 0.5) is 10.1 Å². The van der Waals surface area contributed by atoms with Gasteiger partial charge in [0.15, 0.2) is 5.17 Å². The van der Waals surface area contributed by atoms with E-state index in [4.69, 9.17) is 4.74 Å². The zero-order valence-electron chi connectivity index (χ0n) is 17.9. The lowest BCUT2D eigenvalue weighted by Crippen LogP contribution is -2.42. The van der Waals surface area contributed by atoms with Crippen LogP contribution in [0, 0.1) is 5.82 Å². The second-order valence-corrected chi connectivity index (χ2v) is 8.56. The van der Waals surface area contributed by atoms with E-state index in [0.29, 0.717) is 17.0 Å². The van der Waals surface area contributed by atoms with Gasteiger partial charge in [-0.1, -0.05) is 30.0 Å². The number of carbonyl (C=O) groups is 2. The molecule has 2 aromatic rings. The van der Waals surface area contributed by atoms with Crippen molar-refractivity contribution >= 4 is 34.5 Å². The summed E-state index contributed by atoms with van der Waals surface area (Å²) in [5, 5.41) is 3.72. The summed E-state index contributed by atoms with van der Waals surface area (Å²) in [6.45, 7) is 4.65. The van der Waals surface area contributed by atoms with Crippen LogP contribution < -0.4 is 5.32 Å². The molecule has 2 aromatic carbocycles. The second kappa shape index (κ2) is 9.56. The molecule has 1 amide bonds. The number of aliphatic imine (C=N–C) groups is 1. The third-order valence-electron chi connectivity index (χ3n) is 5.30. The average Bonchev–Trinajstić information content (AvgIpc) is 2.78. The molecule has 2 aliphatic heterocycles. The molecule has 2 aliphatic rings. The van der Waals surface area contributed by atoms with Crippen LogP contribution in [0.3, 0.4) is 0 Å². The molecular weight excluding hydrogens is 429 g/mol. The van der Waals surface area contributed by atoms with Crippen molar-refractivity contribution in [1.82, 2.24) is 4.90 Å². The predicted octanol–water partition coefficient (Wildman–Crippen LogP) is 4.76. The number of ether oxygens (including phenoxy) is 1. The number of nitrogens with zero attached hydrogens (tertiary/aromatic N) is 2. The first-order valence-corrected chi connectivity index (χ1v) is 11.5. The maximum atomic E-state index is 13.5. The molecule has 0 saturated carbocycles. The molecule has 6 nitrogen and oxygen atoms in total. The number of anilines is 1. The summed E-state index contributed by atoms with van der Waals surface area (Å²) >= 11 is 1.67. The number of allylic oxidation sites excluding steroid dienone is 1. The molecule has 0 aromatic heterocycles. The van der Waals surface area contributed by atoms with Gasteiger partial charge in [-0.3, -0.25) is 4.79 Å². The molecule has 1 fully saturated rings. The summed E-state index contributed by atoms with van der Waals surface area (Å²) in [4.78, 5) is 32.2. The Balaban J connectivity index is 1.68. The van der Waals surface area contributed by atoms with Gasteiger partial charge in [0.25, 0.3) is 5.91 Å². The predicted molar refractivity (Wildman–Crippen MR) is 124 cm³/mol. The smallest absolute Gasteiger partial charge is 0.338 e. The van der Waals surface area contributed by atoms with Crippen LogP contribution in [-0.4, -0.2) is 40.8 Å². The lowest BCUT2D eigenvalue weighted by molar-refractivity contribution is -0.139. The minimum Gasteiger partial charge on any atom is -0.463 e. The highest BCUT2D eigenvalue weighted by molar-refractivity contribution is 8.13. The van der Waals surface area contributed by atoms with Crippen LogP contribution >= 0.6 is 11.8 Å². The summed E-state index contributed by atoms with van der Waals surface area (Å²) in [6, 6.07) is 12.6. The molecule has 1 N–H and O–H groups in total. The van der Waals surface area contributed by atoms with Gasteiger partial charge in [-0.2, -0.15) is 0 Å². The normalized spacial score (nSPS) is 18.0. The molecule has 8 heteroatoms. The number of fused-ring (bicyclic) bond motifs is 1. The van der Waals surface area contributed by atoms with Crippen LogP contribution in [0.25, 0.3) is 0 Å². The molecule has 4 rings (SSSR count). The van der Waals surface area contributed by atoms with Gasteiger partial charge >= 0.3 is 5.97 Å². The molecule has 0 radical (unpaired) electrons. The van der Waals surface area contributed by atoms with Crippen molar-refractivity contribution in [3.05, 3.63) is 76.7 Å². The number of thioether (sulfide) groups is 1. The molecule has 2 heterocycles. The van der Waals surface area contributed by atoms with E-state index < -0.39 is 11.7 Å². The van der Waals surface area contributed by atoms with Gasteiger partial charge in [0.1, 0.15) is 5.82 Å². The van der Waals surface area contributed by atoms with Crippen LogP contribution in [0.1, 0.15) is 42.2 Å². The number of amides is 1. The van der Waals surface area contributed by atoms with Gasteiger partial charge in [-0.25, -0.2) is 14.2 Å². The highest BCUT2D eigenvalue weighted by Crippen LogP contribution is 2.40. The van der Waals surface area contributed by atoms with Crippen LogP contribution in [0.15, 0.2) is 64.8 Å². The van der Waals surface area contributed by atoms with E-state index in [0.717, 1.165) is 29.4 Å². The lowest BCUT2D eigenvalue weighted by atomic mass is 9.94. The third-order valence-corrected chi connectivity index (χ3v) is 6.38. The minimum absolute atomic E-state index is 0.234. The van der Waals surface area contributed by atoms with Crippen molar-refractivity contribution in [3.63, 3.8) is 0 Å². The summed E-state index contributed by atoms with van der Waals surface area (Å²) in [6.07, 6.45) is 0.978. The van der Waals surface area contributed by atoms with Crippen molar-refractivity contribution in [2.45, 2.75) is 26.3 Å². The van der Waals surface area contributed by atoms with Crippen molar-refractivity contribution < 1.29 is 18.7 Å². The zero-order chi connectivity index (χ0) is 22.7. The summed E-state index contributed by atoms with van der Waals surface area (Å²) in [7, 11) is 0. The number of hydrogen-bond donors (Lipinski definition) is 1. The van der Waals surface area contributed by atoms with Gasteiger partial charge in [0.05, 0.1) is 23.9 Å². The van der Waals surface area contributed by atoms with Crippen LogP contribution in [-0.2, 0) is 9.53 Å². The maximum absolute atomic E-state index is 13.5. The van der Waals surface area contributed by atoms with Gasteiger partial charge in [-0.15, -0.1) is 0 Å². The number of rotatable bonds is 5.